The quantitative estimate of drug-likeness (QED) is 0.468. The van der Waals surface area contributed by atoms with Gasteiger partial charge >= 0.3 is 6.18 Å². The van der Waals surface area contributed by atoms with Gasteiger partial charge in [0, 0.05) is 5.56 Å². The molecule has 0 radical (unpaired) electrons. The van der Waals surface area contributed by atoms with Crippen LogP contribution in [0.25, 0.3) is 11.3 Å². The number of hydrogen-bond donors (Lipinski definition) is 1. The van der Waals surface area contributed by atoms with E-state index in [1.807, 2.05) is 32.0 Å². The van der Waals surface area contributed by atoms with Crippen molar-refractivity contribution < 1.29 is 22.4 Å². The Labute approximate surface area is 166 Å². The van der Waals surface area contributed by atoms with Gasteiger partial charge in [0.1, 0.15) is 11.5 Å². The molecule has 3 rings (SSSR count). The molecule has 7 heteroatoms. The second kappa shape index (κ2) is 8.34. The Morgan fingerprint density at radius 2 is 1.90 bits per heavy atom. The molecule has 3 aromatic rings. The van der Waals surface area contributed by atoms with E-state index in [1.54, 1.807) is 12.1 Å². The van der Waals surface area contributed by atoms with Gasteiger partial charge in [-0.1, -0.05) is 35.9 Å². The number of carbonyl (C=O) groups is 1. The van der Waals surface area contributed by atoms with Crippen molar-refractivity contribution in [3.8, 4) is 11.3 Å². The second-order valence-corrected chi connectivity index (χ2v) is 6.68. The Kier molecular flexibility index (Phi) is 5.87. The zero-order chi connectivity index (χ0) is 21.0. The summed E-state index contributed by atoms with van der Waals surface area (Å²) >= 11 is 0. The van der Waals surface area contributed by atoms with Crippen LogP contribution in [0.5, 0.6) is 0 Å². The van der Waals surface area contributed by atoms with E-state index in [2.05, 4.69) is 10.5 Å². The molecule has 4 nitrogen and oxygen atoms in total. The zero-order valence-corrected chi connectivity index (χ0v) is 15.9. The fourth-order valence-electron chi connectivity index (χ4n) is 2.85. The predicted octanol–water partition coefficient (Wildman–Crippen LogP) is 5.28. The highest BCUT2D eigenvalue weighted by Crippen LogP contribution is 2.32. The van der Waals surface area contributed by atoms with Crippen LogP contribution < -0.4 is 5.43 Å². The Balaban J connectivity index is 1.63. The van der Waals surface area contributed by atoms with Crippen molar-refractivity contribution in [2.75, 3.05) is 0 Å². The minimum Gasteiger partial charge on any atom is -0.455 e. The first-order valence-corrected chi connectivity index (χ1v) is 8.88. The Bertz CT molecular complexity index is 1050. The second-order valence-electron chi connectivity index (χ2n) is 6.68. The van der Waals surface area contributed by atoms with Crippen molar-refractivity contribution >= 4 is 12.1 Å². The molecule has 1 aromatic heterocycles. The van der Waals surface area contributed by atoms with Crippen LogP contribution in [-0.4, -0.2) is 12.1 Å². The van der Waals surface area contributed by atoms with Crippen LogP contribution in [0.3, 0.4) is 0 Å². The summed E-state index contributed by atoms with van der Waals surface area (Å²) in [7, 11) is 0. The number of nitrogens with zero attached hydrogens (tertiary/aromatic N) is 1. The summed E-state index contributed by atoms with van der Waals surface area (Å²) in [6, 6.07) is 13.8. The zero-order valence-electron chi connectivity index (χ0n) is 15.9. The first-order chi connectivity index (χ1) is 13.7. The summed E-state index contributed by atoms with van der Waals surface area (Å²) in [5, 5.41) is 3.85. The third-order valence-corrected chi connectivity index (χ3v) is 4.33. The van der Waals surface area contributed by atoms with Gasteiger partial charge in [0.05, 0.1) is 18.2 Å². The molecular formula is C22H19F3N2O2. The summed E-state index contributed by atoms with van der Waals surface area (Å²) in [5.74, 6) is 0.307. The summed E-state index contributed by atoms with van der Waals surface area (Å²) in [6.07, 6.45) is -2.93. The number of rotatable bonds is 5. The molecule has 0 aliphatic carbocycles. The Morgan fingerprint density at radius 3 is 2.62 bits per heavy atom. The average molecular weight is 400 g/mol. The molecule has 2 aromatic carbocycles. The van der Waals surface area contributed by atoms with Gasteiger partial charge in [0.15, 0.2) is 0 Å². The van der Waals surface area contributed by atoms with Crippen LogP contribution in [0.1, 0.15) is 28.0 Å². The summed E-state index contributed by atoms with van der Waals surface area (Å²) in [6.45, 7) is 3.93. The molecule has 1 N–H and O–H groups in total. The van der Waals surface area contributed by atoms with Crippen molar-refractivity contribution in [2.45, 2.75) is 26.4 Å². The van der Waals surface area contributed by atoms with E-state index < -0.39 is 11.7 Å². The topological polar surface area (TPSA) is 54.6 Å². The fourth-order valence-corrected chi connectivity index (χ4v) is 2.85. The smallest absolute Gasteiger partial charge is 0.416 e. The van der Waals surface area contributed by atoms with E-state index >= 15 is 0 Å². The molecule has 1 amide bonds. The lowest BCUT2D eigenvalue weighted by atomic mass is 10.0. The number of aryl methyl sites for hydroxylation is 2. The van der Waals surface area contributed by atoms with Gasteiger partial charge in [-0.15, -0.1) is 0 Å². The number of carbonyl (C=O) groups excluding carboxylic acids is 1. The number of hydrogen-bond acceptors (Lipinski definition) is 3. The Hall–Kier alpha value is -3.35. The maximum absolute atomic E-state index is 12.8. The van der Waals surface area contributed by atoms with E-state index in [9.17, 15) is 18.0 Å². The third kappa shape index (κ3) is 5.34. The van der Waals surface area contributed by atoms with Crippen molar-refractivity contribution in [3.05, 3.63) is 82.6 Å². The summed E-state index contributed by atoms with van der Waals surface area (Å²) in [4.78, 5) is 12.0. The van der Waals surface area contributed by atoms with Crippen LogP contribution in [-0.2, 0) is 17.4 Å². The minimum atomic E-state index is -4.42. The molecule has 29 heavy (non-hydrogen) atoms. The highest BCUT2D eigenvalue weighted by molar-refractivity contribution is 5.82. The lowest BCUT2D eigenvalue weighted by Crippen LogP contribution is -2.20. The first-order valence-electron chi connectivity index (χ1n) is 8.88. The van der Waals surface area contributed by atoms with E-state index in [0.29, 0.717) is 11.3 Å². The van der Waals surface area contributed by atoms with Crippen LogP contribution >= 0.6 is 0 Å². The SMILES string of the molecule is Cc1ccc(CC(=O)N/N=C/c2ccc(-c3cccc(C(F)(F)F)c3)o2)c(C)c1. The fraction of sp³-hybridized carbons (Fsp3) is 0.182. The number of halogens is 3. The number of alkyl halides is 3. The van der Waals surface area contributed by atoms with E-state index in [-0.39, 0.29) is 18.1 Å². The maximum Gasteiger partial charge on any atom is 0.416 e. The third-order valence-electron chi connectivity index (χ3n) is 4.33. The van der Waals surface area contributed by atoms with Gasteiger partial charge in [0.2, 0.25) is 5.91 Å². The summed E-state index contributed by atoms with van der Waals surface area (Å²) < 4.78 is 44.0. The van der Waals surface area contributed by atoms with Crippen LogP contribution in [0.4, 0.5) is 13.2 Å². The highest BCUT2D eigenvalue weighted by Gasteiger charge is 2.30. The number of furan rings is 1. The number of hydrazone groups is 1. The molecule has 0 atom stereocenters. The lowest BCUT2D eigenvalue weighted by Gasteiger charge is -2.07. The Morgan fingerprint density at radius 1 is 1.10 bits per heavy atom. The molecule has 0 spiro atoms. The molecule has 150 valence electrons. The number of benzene rings is 2. The van der Waals surface area contributed by atoms with Gasteiger partial charge < -0.3 is 4.42 Å². The van der Waals surface area contributed by atoms with Gasteiger partial charge in [-0.25, -0.2) is 5.43 Å². The number of amides is 1. The molecule has 0 saturated carbocycles. The monoisotopic (exact) mass is 400 g/mol. The summed E-state index contributed by atoms with van der Waals surface area (Å²) in [5.41, 5.74) is 5.04. The van der Waals surface area contributed by atoms with Gasteiger partial charge in [-0.05, 0) is 49.2 Å². The normalized spacial score (nSPS) is 11.8. The number of nitrogens with one attached hydrogen (secondary N) is 1. The average Bonchev–Trinajstić information content (AvgIpc) is 3.12. The van der Waals surface area contributed by atoms with Crippen molar-refractivity contribution in [1.82, 2.24) is 5.43 Å². The first kappa shape index (κ1) is 20.4. The molecule has 0 aliphatic rings. The van der Waals surface area contributed by atoms with Gasteiger partial charge in [-0.3, -0.25) is 4.79 Å². The van der Waals surface area contributed by atoms with E-state index in [4.69, 9.17) is 4.42 Å². The van der Waals surface area contributed by atoms with Crippen LogP contribution in [0.2, 0.25) is 0 Å². The van der Waals surface area contributed by atoms with Crippen molar-refractivity contribution in [1.29, 1.82) is 0 Å². The largest absolute Gasteiger partial charge is 0.455 e. The maximum atomic E-state index is 12.8. The molecule has 0 bridgehead atoms. The van der Waals surface area contributed by atoms with Crippen LogP contribution in [0, 0.1) is 13.8 Å². The molecule has 0 saturated heterocycles. The van der Waals surface area contributed by atoms with Crippen molar-refractivity contribution in [2.24, 2.45) is 5.10 Å². The van der Waals surface area contributed by atoms with Gasteiger partial charge in [0.25, 0.3) is 0 Å². The molecule has 0 fully saturated rings. The molecular weight excluding hydrogens is 381 g/mol. The predicted molar refractivity (Wildman–Crippen MR) is 105 cm³/mol. The molecule has 0 aliphatic heterocycles. The highest BCUT2D eigenvalue weighted by atomic mass is 19.4. The minimum absolute atomic E-state index is 0.192. The van der Waals surface area contributed by atoms with Crippen LogP contribution in [0.15, 0.2) is 64.1 Å². The van der Waals surface area contributed by atoms with Crippen molar-refractivity contribution in [3.63, 3.8) is 0 Å². The standard InChI is InChI=1S/C22H19F3N2O2/c1-14-6-7-16(15(2)10-14)12-21(28)27-26-13-19-8-9-20(29-19)17-4-3-5-18(11-17)22(23,24)25/h3-11,13H,12H2,1-2H3,(H,27,28)/b26-13+. The van der Waals surface area contributed by atoms with E-state index in [0.717, 1.165) is 28.8 Å². The molecule has 0 unspecified atom stereocenters. The molecule has 1 heterocycles. The lowest BCUT2D eigenvalue weighted by molar-refractivity contribution is -0.137. The van der Waals surface area contributed by atoms with E-state index in [1.165, 1.54) is 18.3 Å². The van der Waals surface area contributed by atoms with Gasteiger partial charge in [-0.2, -0.15) is 18.3 Å².